The SMILES string of the molecule is C=CCOc1cc(C(=O)O)cc(C(OC)OC)c1. The van der Waals surface area contributed by atoms with Crippen LogP contribution in [-0.2, 0) is 9.47 Å². The number of hydrogen-bond donors (Lipinski definition) is 1. The predicted octanol–water partition coefficient (Wildman–Crippen LogP) is 2.24. The third-order valence-electron chi connectivity index (χ3n) is 2.24. The number of benzene rings is 1. The first-order valence-corrected chi connectivity index (χ1v) is 5.30. The van der Waals surface area contributed by atoms with Gasteiger partial charge in [0, 0.05) is 19.8 Å². The van der Waals surface area contributed by atoms with Crippen LogP contribution in [0.3, 0.4) is 0 Å². The predicted molar refractivity (Wildman–Crippen MR) is 65.9 cm³/mol. The maximum atomic E-state index is 11.0. The molecule has 98 valence electrons. The van der Waals surface area contributed by atoms with E-state index < -0.39 is 12.3 Å². The van der Waals surface area contributed by atoms with Gasteiger partial charge < -0.3 is 19.3 Å². The lowest BCUT2D eigenvalue weighted by Gasteiger charge is -2.15. The summed E-state index contributed by atoms with van der Waals surface area (Å²) in [6.45, 7) is 3.83. The molecule has 1 N–H and O–H groups in total. The van der Waals surface area contributed by atoms with Crippen LogP contribution in [0.4, 0.5) is 0 Å². The number of aromatic carboxylic acids is 1. The van der Waals surface area contributed by atoms with E-state index in [1.54, 1.807) is 12.1 Å². The van der Waals surface area contributed by atoms with Crippen molar-refractivity contribution in [3.8, 4) is 5.75 Å². The lowest BCUT2D eigenvalue weighted by Crippen LogP contribution is -2.07. The van der Waals surface area contributed by atoms with Crippen molar-refractivity contribution < 1.29 is 24.1 Å². The molecule has 0 atom stereocenters. The van der Waals surface area contributed by atoms with Gasteiger partial charge in [-0.1, -0.05) is 12.7 Å². The van der Waals surface area contributed by atoms with E-state index in [9.17, 15) is 4.79 Å². The Morgan fingerprint density at radius 2 is 2.06 bits per heavy atom. The summed E-state index contributed by atoms with van der Waals surface area (Å²) in [5, 5.41) is 9.03. The highest BCUT2D eigenvalue weighted by molar-refractivity contribution is 5.88. The van der Waals surface area contributed by atoms with Crippen molar-refractivity contribution >= 4 is 5.97 Å². The number of methoxy groups -OCH3 is 2. The molecule has 1 aromatic carbocycles. The zero-order valence-corrected chi connectivity index (χ0v) is 10.4. The highest BCUT2D eigenvalue weighted by Crippen LogP contribution is 2.24. The minimum absolute atomic E-state index is 0.116. The smallest absolute Gasteiger partial charge is 0.335 e. The van der Waals surface area contributed by atoms with Crippen molar-refractivity contribution in [1.29, 1.82) is 0 Å². The molecular formula is C13H16O5. The molecule has 0 bridgehead atoms. The number of ether oxygens (including phenoxy) is 3. The Bertz CT molecular complexity index is 423. The number of hydrogen-bond acceptors (Lipinski definition) is 4. The minimum Gasteiger partial charge on any atom is -0.490 e. The van der Waals surface area contributed by atoms with E-state index >= 15 is 0 Å². The van der Waals surface area contributed by atoms with Gasteiger partial charge in [-0.2, -0.15) is 0 Å². The molecule has 5 nitrogen and oxygen atoms in total. The molecule has 18 heavy (non-hydrogen) atoms. The van der Waals surface area contributed by atoms with Crippen LogP contribution in [0, 0.1) is 0 Å². The summed E-state index contributed by atoms with van der Waals surface area (Å²) in [4.78, 5) is 11.0. The fourth-order valence-electron chi connectivity index (χ4n) is 1.49. The standard InChI is InChI=1S/C13H16O5/c1-4-5-18-11-7-9(12(14)15)6-10(8-11)13(16-2)17-3/h4,6-8,13H,1,5H2,2-3H3,(H,14,15). The molecule has 0 unspecified atom stereocenters. The molecule has 0 spiro atoms. The van der Waals surface area contributed by atoms with E-state index in [1.807, 2.05) is 0 Å². The van der Waals surface area contributed by atoms with Gasteiger partial charge in [-0.25, -0.2) is 4.79 Å². The van der Waals surface area contributed by atoms with Crippen LogP contribution in [0.2, 0.25) is 0 Å². The molecule has 5 heteroatoms. The zero-order valence-electron chi connectivity index (χ0n) is 10.4. The molecule has 0 saturated heterocycles. The Labute approximate surface area is 106 Å². The summed E-state index contributed by atoms with van der Waals surface area (Å²) in [6.07, 6.45) is 0.951. The normalized spacial score (nSPS) is 10.4. The molecule has 0 aliphatic heterocycles. The summed E-state index contributed by atoms with van der Waals surface area (Å²) >= 11 is 0. The van der Waals surface area contributed by atoms with Crippen LogP contribution in [0.1, 0.15) is 22.2 Å². The molecule has 0 radical (unpaired) electrons. The molecule has 1 aromatic rings. The Morgan fingerprint density at radius 3 is 2.56 bits per heavy atom. The van der Waals surface area contributed by atoms with E-state index in [1.165, 1.54) is 26.4 Å². The number of carboxylic acids is 1. The highest BCUT2D eigenvalue weighted by Gasteiger charge is 2.14. The lowest BCUT2D eigenvalue weighted by molar-refractivity contribution is -0.106. The summed E-state index contributed by atoms with van der Waals surface area (Å²) < 4.78 is 15.5. The largest absolute Gasteiger partial charge is 0.490 e. The Balaban J connectivity index is 3.12. The number of carboxylic acid groups (broad SMARTS) is 1. The van der Waals surface area contributed by atoms with Gasteiger partial charge in [0.2, 0.25) is 0 Å². The van der Waals surface area contributed by atoms with Crippen LogP contribution in [-0.4, -0.2) is 31.9 Å². The van der Waals surface area contributed by atoms with Crippen LogP contribution in [0.5, 0.6) is 5.75 Å². The Kier molecular flexibility index (Phi) is 5.35. The van der Waals surface area contributed by atoms with Crippen molar-refractivity contribution in [3.05, 3.63) is 42.0 Å². The van der Waals surface area contributed by atoms with Crippen molar-refractivity contribution in [2.45, 2.75) is 6.29 Å². The zero-order chi connectivity index (χ0) is 13.5. The second kappa shape index (κ2) is 6.78. The molecular weight excluding hydrogens is 236 g/mol. The maximum absolute atomic E-state index is 11.0. The van der Waals surface area contributed by atoms with Gasteiger partial charge in [0.15, 0.2) is 6.29 Å². The monoisotopic (exact) mass is 252 g/mol. The van der Waals surface area contributed by atoms with Crippen molar-refractivity contribution in [2.24, 2.45) is 0 Å². The van der Waals surface area contributed by atoms with Crippen LogP contribution < -0.4 is 4.74 Å². The summed E-state index contributed by atoms with van der Waals surface area (Å²) in [5.74, 6) is -0.602. The van der Waals surface area contributed by atoms with E-state index in [2.05, 4.69) is 6.58 Å². The van der Waals surface area contributed by atoms with Gasteiger partial charge in [0.05, 0.1) is 5.56 Å². The number of carbonyl (C=O) groups is 1. The van der Waals surface area contributed by atoms with E-state index in [4.69, 9.17) is 19.3 Å². The lowest BCUT2D eigenvalue weighted by atomic mass is 10.1. The summed E-state index contributed by atoms with van der Waals surface area (Å²) in [7, 11) is 2.96. The first-order chi connectivity index (χ1) is 8.62. The van der Waals surface area contributed by atoms with Gasteiger partial charge in [0.1, 0.15) is 12.4 Å². The fourth-order valence-corrected chi connectivity index (χ4v) is 1.49. The second-order valence-corrected chi connectivity index (χ2v) is 3.50. The number of rotatable bonds is 7. The van der Waals surface area contributed by atoms with Crippen LogP contribution in [0.15, 0.2) is 30.9 Å². The van der Waals surface area contributed by atoms with Crippen molar-refractivity contribution in [3.63, 3.8) is 0 Å². The fraction of sp³-hybridized carbons (Fsp3) is 0.308. The van der Waals surface area contributed by atoms with Gasteiger partial charge in [-0.3, -0.25) is 0 Å². The topological polar surface area (TPSA) is 65.0 Å². The van der Waals surface area contributed by atoms with Gasteiger partial charge in [0.25, 0.3) is 0 Å². The van der Waals surface area contributed by atoms with Gasteiger partial charge in [-0.05, 0) is 18.2 Å². The molecule has 0 aromatic heterocycles. The van der Waals surface area contributed by atoms with E-state index in [0.29, 0.717) is 17.9 Å². The van der Waals surface area contributed by atoms with Gasteiger partial charge >= 0.3 is 5.97 Å². The molecule has 0 aliphatic carbocycles. The van der Waals surface area contributed by atoms with E-state index in [0.717, 1.165) is 0 Å². The molecule has 0 fully saturated rings. The van der Waals surface area contributed by atoms with Gasteiger partial charge in [-0.15, -0.1) is 0 Å². The second-order valence-electron chi connectivity index (χ2n) is 3.50. The third-order valence-corrected chi connectivity index (χ3v) is 2.24. The maximum Gasteiger partial charge on any atom is 0.335 e. The Hall–Kier alpha value is -1.85. The molecule has 0 amide bonds. The summed E-state index contributed by atoms with van der Waals surface area (Å²) in [6, 6.07) is 4.60. The first-order valence-electron chi connectivity index (χ1n) is 5.30. The average Bonchev–Trinajstić information content (AvgIpc) is 2.37. The van der Waals surface area contributed by atoms with Crippen LogP contribution in [0.25, 0.3) is 0 Å². The van der Waals surface area contributed by atoms with Crippen molar-refractivity contribution in [2.75, 3.05) is 20.8 Å². The third kappa shape index (κ3) is 3.58. The molecule has 1 rings (SSSR count). The Morgan fingerprint density at radius 1 is 1.39 bits per heavy atom. The quantitative estimate of drug-likeness (QED) is 0.595. The van der Waals surface area contributed by atoms with Crippen molar-refractivity contribution in [1.82, 2.24) is 0 Å². The highest BCUT2D eigenvalue weighted by atomic mass is 16.7. The average molecular weight is 252 g/mol. The first kappa shape index (κ1) is 14.2. The summed E-state index contributed by atoms with van der Waals surface area (Å²) in [5.41, 5.74) is 0.699. The molecule has 0 aliphatic rings. The van der Waals surface area contributed by atoms with Crippen LogP contribution >= 0.6 is 0 Å². The molecule has 0 heterocycles. The van der Waals surface area contributed by atoms with E-state index in [-0.39, 0.29) is 5.56 Å². The molecule has 0 saturated carbocycles. The minimum atomic E-state index is -1.04.